The Balaban J connectivity index is 1.98. The summed E-state index contributed by atoms with van der Waals surface area (Å²) < 4.78 is 6.57. The molecule has 0 radical (unpaired) electrons. The van der Waals surface area contributed by atoms with E-state index in [1.165, 1.54) is 0 Å². The average Bonchev–Trinajstić information content (AvgIpc) is 2.98. The monoisotopic (exact) mass is 299 g/mol. The van der Waals surface area contributed by atoms with E-state index in [9.17, 15) is 0 Å². The quantitative estimate of drug-likeness (QED) is 0.836. The van der Waals surface area contributed by atoms with Gasteiger partial charge in [-0.05, 0) is 47.0 Å². The van der Waals surface area contributed by atoms with Crippen molar-refractivity contribution in [2.24, 2.45) is 5.41 Å². The molecule has 1 fully saturated rings. The van der Waals surface area contributed by atoms with Crippen LogP contribution in [0.3, 0.4) is 0 Å². The molecule has 2 rings (SSSR count). The van der Waals surface area contributed by atoms with E-state index in [1.807, 2.05) is 6.07 Å². The predicted molar refractivity (Wildman–Crippen MR) is 66.5 cm³/mol. The molecule has 1 aliphatic rings. The van der Waals surface area contributed by atoms with Crippen molar-refractivity contribution < 1.29 is 4.74 Å². The van der Waals surface area contributed by atoms with Gasteiger partial charge in [0.1, 0.15) is 5.75 Å². The molecule has 0 aliphatic heterocycles. The highest BCUT2D eigenvalue weighted by molar-refractivity contribution is 9.10. The van der Waals surface area contributed by atoms with Crippen molar-refractivity contribution in [1.82, 2.24) is 0 Å². The van der Waals surface area contributed by atoms with Crippen LogP contribution in [0.1, 0.15) is 19.3 Å². The number of benzene rings is 1. The van der Waals surface area contributed by atoms with Crippen LogP contribution in [0.4, 0.5) is 0 Å². The van der Waals surface area contributed by atoms with Crippen LogP contribution in [0.5, 0.6) is 5.75 Å². The van der Waals surface area contributed by atoms with E-state index in [1.54, 1.807) is 12.1 Å². The molecule has 16 heavy (non-hydrogen) atoms. The summed E-state index contributed by atoms with van der Waals surface area (Å²) in [6.45, 7) is 0.612. The summed E-state index contributed by atoms with van der Waals surface area (Å²) in [5.41, 5.74) is 0.105. The van der Waals surface area contributed by atoms with E-state index in [-0.39, 0.29) is 5.41 Å². The lowest BCUT2D eigenvalue weighted by Crippen LogP contribution is -2.12. The summed E-state index contributed by atoms with van der Waals surface area (Å²) in [5.74, 6) is 0.786. The summed E-state index contributed by atoms with van der Waals surface area (Å²) in [6.07, 6.45) is 2.76. The lowest BCUT2D eigenvalue weighted by atomic mass is 10.1. The van der Waals surface area contributed by atoms with E-state index in [0.29, 0.717) is 18.1 Å². The minimum atomic E-state index is 0.105. The Hall–Kier alpha value is -0.720. The molecule has 0 N–H and O–H groups in total. The summed E-state index contributed by atoms with van der Waals surface area (Å²) in [5, 5.41) is 9.38. The van der Waals surface area contributed by atoms with Gasteiger partial charge < -0.3 is 4.74 Å². The average molecular weight is 301 g/mol. The van der Waals surface area contributed by atoms with E-state index in [4.69, 9.17) is 21.6 Å². The fourth-order valence-electron chi connectivity index (χ4n) is 1.54. The van der Waals surface area contributed by atoms with Crippen LogP contribution in [0, 0.1) is 16.7 Å². The SMILES string of the molecule is N#CCC1(COc2ccc(Cl)cc2Br)CC1. The van der Waals surface area contributed by atoms with Crippen molar-refractivity contribution >= 4 is 27.5 Å². The molecule has 0 bridgehead atoms. The maximum Gasteiger partial charge on any atom is 0.133 e. The van der Waals surface area contributed by atoms with Crippen molar-refractivity contribution in [3.8, 4) is 11.8 Å². The second kappa shape index (κ2) is 4.65. The van der Waals surface area contributed by atoms with Crippen LogP contribution in [0.25, 0.3) is 0 Å². The fourth-order valence-corrected chi connectivity index (χ4v) is 2.34. The van der Waals surface area contributed by atoms with Crippen LogP contribution in [0.2, 0.25) is 5.02 Å². The topological polar surface area (TPSA) is 33.0 Å². The molecule has 2 nitrogen and oxygen atoms in total. The molecular formula is C12H11BrClNO. The first kappa shape index (κ1) is 11.8. The number of hydrogen-bond donors (Lipinski definition) is 0. The van der Waals surface area contributed by atoms with Crippen molar-refractivity contribution in [1.29, 1.82) is 5.26 Å². The maximum absolute atomic E-state index is 8.70. The van der Waals surface area contributed by atoms with E-state index >= 15 is 0 Å². The molecule has 1 aromatic carbocycles. The second-order valence-electron chi connectivity index (χ2n) is 4.20. The number of nitriles is 1. The Bertz CT molecular complexity index is 437. The van der Waals surface area contributed by atoms with Gasteiger partial charge in [-0.25, -0.2) is 0 Å². The summed E-state index contributed by atoms with van der Waals surface area (Å²) in [4.78, 5) is 0. The van der Waals surface area contributed by atoms with Gasteiger partial charge in [-0.15, -0.1) is 0 Å². The molecule has 0 unspecified atom stereocenters. The highest BCUT2D eigenvalue weighted by Gasteiger charge is 2.43. The third-order valence-electron chi connectivity index (χ3n) is 2.84. The summed E-state index contributed by atoms with van der Waals surface area (Å²) in [7, 11) is 0. The first-order valence-electron chi connectivity index (χ1n) is 5.10. The third-order valence-corrected chi connectivity index (χ3v) is 3.69. The largest absolute Gasteiger partial charge is 0.492 e. The molecule has 4 heteroatoms. The Morgan fingerprint density at radius 2 is 2.25 bits per heavy atom. The highest BCUT2D eigenvalue weighted by Crippen LogP contribution is 2.49. The van der Waals surface area contributed by atoms with Gasteiger partial charge in [-0.3, -0.25) is 0 Å². The number of hydrogen-bond acceptors (Lipinski definition) is 2. The molecular weight excluding hydrogens is 289 g/mol. The Kier molecular flexibility index (Phi) is 3.41. The van der Waals surface area contributed by atoms with Crippen LogP contribution in [0.15, 0.2) is 22.7 Å². The van der Waals surface area contributed by atoms with Crippen molar-refractivity contribution in [3.05, 3.63) is 27.7 Å². The van der Waals surface area contributed by atoms with Gasteiger partial charge in [0.2, 0.25) is 0 Å². The number of rotatable bonds is 4. The van der Waals surface area contributed by atoms with Gasteiger partial charge in [0.15, 0.2) is 0 Å². The third kappa shape index (κ3) is 2.69. The van der Waals surface area contributed by atoms with Crippen LogP contribution in [-0.2, 0) is 0 Å². The molecule has 1 aromatic rings. The standard InChI is InChI=1S/C12H11BrClNO/c13-10-7-9(14)1-2-11(10)16-8-12(3-4-12)5-6-15/h1-2,7H,3-5,8H2. The van der Waals surface area contributed by atoms with Gasteiger partial charge in [0.25, 0.3) is 0 Å². The minimum Gasteiger partial charge on any atom is -0.492 e. The molecule has 0 aromatic heterocycles. The smallest absolute Gasteiger partial charge is 0.133 e. The van der Waals surface area contributed by atoms with Gasteiger partial charge in [0.05, 0.1) is 17.1 Å². The first-order chi connectivity index (χ1) is 7.65. The Morgan fingerprint density at radius 3 is 2.81 bits per heavy atom. The lowest BCUT2D eigenvalue weighted by Gasteiger charge is -2.13. The zero-order chi connectivity index (χ0) is 11.6. The fraction of sp³-hybridized carbons (Fsp3) is 0.417. The predicted octanol–water partition coefficient (Wildman–Crippen LogP) is 4.18. The zero-order valence-electron chi connectivity index (χ0n) is 8.67. The molecule has 0 atom stereocenters. The molecule has 0 spiro atoms. The normalized spacial score (nSPS) is 16.6. The van der Waals surface area contributed by atoms with Crippen molar-refractivity contribution in [2.75, 3.05) is 6.61 Å². The Morgan fingerprint density at radius 1 is 1.50 bits per heavy atom. The number of halogens is 2. The molecule has 0 amide bonds. The first-order valence-corrected chi connectivity index (χ1v) is 6.27. The van der Waals surface area contributed by atoms with Gasteiger partial charge >= 0.3 is 0 Å². The maximum atomic E-state index is 8.70. The lowest BCUT2D eigenvalue weighted by molar-refractivity contribution is 0.235. The number of nitrogens with zero attached hydrogens (tertiary/aromatic N) is 1. The molecule has 1 aliphatic carbocycles. The van der Waals surface area contributed by atoms with Crippen molar-refractivity contribution in [3.63, 3.8) is 0 Å². The van der Waals surface area contributed by atoms with Crippen LogP contribution in [-0.4, -0.2) is 6.61 Å². The molecule has 0 heterocycles. The molecule has 0 saturated heterocycles. The number of ether oxygens (including phenoxy) is 1. The van der Waals surface area contributed by atoms with Gasteiger partial charge in [-0.2, -0.15) is 5.26 Å². The summed E-state index contributed by atoms with van der Waals surface area (Å²) in [6, 6.07) is 7.66. The highest BCUT2D eigenvalue weighted by atomic mass is 79.9. The van der Waals surface area contributed by atoms with Crippen LogP contribution < -0.4 is 4.74 Å². The van der Waals surface area contributed by atoms with E-state index in [2.05, 4.69) is 22.0 Å². The van der Waals surface area contributed by atoms with E-state index in [0.717, 1.165) is 23.1 Å². The van der Waals surface area contributed by atoms with E-state index < -0.39 is 0 Å². The molecule has 84 valence electrons. The summed E-state index contributed by atoms with van der Waals surface area (Å²) >= 11 is 9.24. The van der Waals surface area contributed by atoms with Crippen LogP contribution >= 0.6 is 27.5 Å². The Labute approximate surface area is 108 Å². The molecule has 1 saturated carbocycles. The minimum absolute atomic E-state index is 0.105. The van der Waals surface area contributed by atoms with Gasteiger partial charge in [0, 0.05) is 16.9 Å². The zero-order valence-corrected chi connectivity index (χ0v) is 11.0. The van der Waals surface area contributed by atoms with Crippen molar-refractivity contribution in [2.45, 2.75) is 19.3 Å². The van der Waals surface area contributed by atoms with Gasteiger partial charge in [-0.1, -0.05) is 11.6 Å². The second-order valence-corrected chi connectivity index (χ2v) is 5.49.